The van der Waals surface area contributed by atoms with Crippen molar-refractivity contribution < 1.29 is 4.79 Å². The van der Waals surface area contributed by atoms with Crippen LogP contribution < -0.4 is 5.32 Å². The van der Waals surface area contributed by atoms with E-state index in [-0.39, 0.29) is 5.91 Å². The first-order valence-electron chi connectivity index (χ1n) is 10.4. The van der Waals surface area contributed by atoms with E-state index < -0.39 is 0 Å². The third-order valence-corrected chi connectivity index (χ3v) is 5.71. The molecule has 0 fully saturated rings. The number of nitrogens with one attached hydrogen (secondary N) is 3. The summed E-state index contributed by atoms with van der Waals surface area (Å²) in [6, 6.07) is 25.9. The molecule has 0 saturated carbocycles. The molecule has 1 amide bonds. The Morgan fingerprint density at radius 3 is 2.53 bits per heavy atom. The molecule has 3 aromatic carbocycles. The number of carbonyl (C=O) groups excluding carboxylic acids is 1. The summed E-state index contributed by atoms with van der Waals surface area (Å²) in [6.07, 6.45) is 2.65. The van der Waals surface area contributed by atoms with Gasteiger partial charge in [-0.2, -0.15) is 5.10 Å². The van der Waals surface area contributed by atoms with Crippen molar-refractivity contribution in [3.8, 4) is 0 Å². The smallest absolute Gasteiger partial charge is 0.276 e. The molecule has 0 aliphatic rings. The average molecular weight is 417 g/mol. The highest BCUT2D eigenvalue weighted by Crippen LogP contribution is 2.29. The highest BCUT2D eigenvalue weighted by atomic mass is 16.1. The fraction of sp³-hybridized carbons (Fsp3) is 0.0385. The average Bonchev–Trinajstić information content (AvgIpc) is 3.41. The maximum atomic E-state index is 12.9. The summed E-state index contributed by atoms with van der Waals surface area (Å²) in [5, 5.41) is 13.0. The molecule has 0 aliphatic carbocycles. The number of hydrogen-bond donors (Lipinski definition) is 3. The van der Waals surface area contributed by atoms with Gasteiger partial charge in [0.15, 0.2) is 5.69 Å². The Labute approximate surface area is 183 Å². The van der Waals surface area contributed by atoms with Crippen molar-refractivity contribution in [2.24, 2.45) is 0 Å². The van der Waals surface area contributed by atoms with Crippen LogP contribution in [-0.2, 0) is 6.42 Å². The number of H-pyrrole nitrogens is 2. The second kappa shape index (κ2) is 7.35. The minimum Gasteiger partial charge on any atom is -0.353 e. The molecular formula is C26H19N5O. The molecule has 0 spiro atoms. The van der Waals surface area contributed by atoms with Crippen LogP contribution in [0.2, 0.25) is 0 Å². The summed E-state index contributed by atoms with van der Waals surface area (Å²) in [4.78, 5) is 20.9. The Morgan fingerprint density at radius 1 is 0.812 bits per heavy atom. The lowest BCUT2D eigenvalue weighted by Crippen LogP contribution is -2.12. The third kappa shape index (κ3) is 3.18. The van der Waals surface area contributed by atoms with Crippen molar-refractivity contribution in [3.05, 3.63) is 102 Å². The Kier molecular flexibility index (Phi) is 4.21. The van der Waals surface area contributed by atoms with E-state index in [1.165, 1.54) is 5.56 Å². The zero-order valence-electron chi connectivity index (χ0n) is 17.1. The topological polar surface area (TPSA) is 86.5 Å². The normalized spacial score (nSPS) is 11.4. The van der Waals surface area contributed by atoms with E-state index in [1.54, 1.807) is 0 Å². The Bertz CT molecular complexity index is 1600. The molecule has 0 aliphatic heterocycles. The van der Waals surface area contributed by atoms with E-state index in [0.29, 0.717) is 5.69 Å². The van der Waals surface area contributed by atoms with Gasteiger partial charge in [-0.3, -0.25) is 14.9 Å². The van der Waals surface area contributed by atoms with E-state index in [0.717, 1.165) is 50.5 Å². The van der Waals surface area contributed by atoms with Gasteiger partial charge in [0.1, 0.15) is 0 Å². The van der Waals surface area contributed by atoms with Crippen LogP contribution in [0.25, 0.3) is 32.7 Å². The fourth-order valence-corrected chi connectivity index (χ4v) is 4.15. The number of aromatic amines is 2. The molecule has 6 aromatic rings. The minimum atomic E-state index is -0.243. The van der Waals surface area contributed by atoms with Gasteiger partial charge in [-0.15, -0.1) is 0 Å². The quantitative estimate of drug-likeness (QED) is 0.357. The number of fused-ring (bicyclic) bond motifs is 4. The first-order chi connectivity index (χ1) is 15.7. The van der Waals surface area contributed by atoms with Crippen LogP contribution in [0.15, 0.2) is 85.1 Å². The van der Waals surface area contributed by atoms with E-state index >= 15 is 0 Å². The van der Waals surface area contributed by atoms with Gasteiger partial charge in [-0.05, 0) is 35.9 Å². The van der Waals surface area contributed by atoms with Crippen molar-refractivity contribution in [2.45, 2.75) is 6.42 Å². The molecule has 0 radical (unpaired) electrons. The van der Waals surface area contributed by atoms with Crippen LogP contribution in [0.3, 0.4) is 0 Å². The summed E-state index contributed by atoms with van der Waals surface area (Å²) in [5.41, 5.74) is 6.13. The maximum absolute atomic E-state index is 12.9. The largest absolute Gasteiger partial charge is 0.353 e. The van der Waals surface area contributed by atoms with Gasteiger partial charge >= 0.3 is 0 Å². The number of carbonyl (C=O) groups is 1. The summed E-state index contributed by atoms with van der Waals surface area (Å²) in [7, 11) is 0. The van der Waals surface area contributed by atoms with Crippen LogP contribution in [-0.4, -0.2) is 26.1 Å². The minimum absolute atomic E-state index is 0.243. The molecule has 6 heteroatoms. The van der Waals surface area contributed by atoms with Crippen LogP contribution >= 0.6 is 0 Å². The lowest BCUT2D eigenvalue weighted by Gasteiger charge is -2.04. The van der Waals surface area contributed by atoms with Gasteiger partial charge in [0.25, 0.3) is 5.91 Å². The zero-order valence-corrected chi connectivity index (χ0v) is 17.1. The number of hydrogen-bond acceptors (Lipinski definition) is 3. The predicted molar refractivity (Wildman–Crippen MR) is 127 cm³/mol. The number of para-hydroxylation sites is 1. The second-order valence-corrected chi connectivity index (χ2v) is 7.84. The molecular weight excluding hydrogens is 398 g/mol. The molecule has 6 nitrogen and oxygen atoms in total. The van der Waals surface area contributed by atoms with Gasteiger partial charge < -0.3 is 10.3 Å². The van der Waals surface area contributed by atoms with Crippen LogP contribution in [0.5, 0.6) is 0 Å². The molecule has 6 rings (SSSR count). The molecule has 32 heavy (non-hydrogen) atoms. The first-order valence-corrected chi connectivity index (χ1v) is 10.4. The number of amides is 1. The molecule has 0 saturated heterocycles. The van der Waals surface area contributed by atoms with Gasteiger partial charge in [-0.25, -0.2) is 0 Å². The van der Waals surface area contributed by atoms with Crippen LogP contribution in [0, 0.1) is 0 Å². The van der Waals surface area contributed by atoms with E-state index in [4.69, 9.17) is 0 Å². The number of aromatic nitrogens is 4. The molecule has 3 aromatic heterocycles. The molecule has 0 bridgehead atoms. The van der Waals surface area contributed by atoms with Crippen molar-refractivity contribution in [1.29, 1.82) is 0 Å². The van der Waals surface area contributed by atoms with Gasteiger partial charge in [0.2, 0.25) is 0 Å². The monoisotopic (exact) mass is 417 g/mol. The summed E-state index contributed by atoms with van der Waals surface area (Å²) >= 11 is 0. The van der Waals surface area contributed by atoms with E-state index in [9.17, 15) is 4.79 Å². The Morgan fingerprint density at radius 2 is 1.62 bits per heavy atom. The summed E-state index contributed by atoms with van der Waals surface area (Å²) < 4.78 is 0. The zero-order chi connectivity index (χ0) is 21.5. The highest BCUT2D eigenvalue weighted by molar-refractivity contribution is 6.13. The fourth-order valence-electron chi connectivity index (χ4n) is 4.15. The lowest BCUT2D eigenvalue weighted by atomic mass is 10.1. The molecule has 0 atom stereocenters. The Balaban J connectivity index is 1.35. The summed E-state index contributed by atoms with van der Waals surface area (Å²) in [6.45, 7) is 0. The van der Waals surface area contributed by atoms with Gasteiger partial charge in [-0.1, -0.05) is 48.5 Å². The van der Waals surface area contributed by atoms with E-state index in [1.807, 2.05) is 66.9 Å². The lowest BCUT2D eigenvalue weighted by molar-refractivity contribution is 0.102. The Hall–Kier alpha value is -4.45. The van der Waals surface area contributed by atoms with E-state index in [2.05, 4.69) is 43.7 Å². The van der Waals surface area contributed by atoms with Crippen molar-refractivity contribution in [3.63, 3.8) is 0 Å². The summed E-state index contributed by atoms with van der Waals surface area (Å²) in [5.74, 6) is -0.243. The number of nitrogens with zero attached hydrogens (tertiary/aromatic N) is 2. The van der Waals surface area contributed by atoms with Crippen molar-refractivity contribution in [1.82, 2.24) is 20.2 Å². The maximum Gasteiger partial charge on any atom is 0.276 e. The number of benzene rings is 3. The number of pyridine rings is 1. The molecule has 3 heterocycles. The standard InChI is InChI=1S/C26H19N5O/c32-26(25-19-8-4-5-9-23(19)30-31-25)28-17-10-11-22-20(13-17)21-14-18(27-15-24(21)29-22)12-16-6-2-1-3-7-16/h1-11,13-15,29H,12H2,(H,28,32)(H,30,31). The molecule has 0 unspecified atom stereocenters. The molecule has 3 N–H and O–H groups in total. The highest BCUT2D eigenvalue weighted by Gasteiger charge is 2.15. The first kappa shape index (κ1) is 18.3. The number of rotatable bonds is 4. The van der Waals surface area contributed by atoms with Crippen molar-refractivity contribution in [2.75, 3.05) is 5.32 Å². The van der Waals surface area contributed by atoms with Gasteiger partial charge in [0.05, 0.1) is 17.2 Å². The third-order valence-electron chi connectivity index (χ3n) is 5.71. The SMILES string of the molecule is O=C(Nc1ccc2[nH]c3cnc(Cc4ccccc4)cc3c2c1)c1n[nH]c2ccccc12. The van der Waals surface area contributed by atoms with Crippen molar-refractivity contribution >= 4 is 44.3 Å². The van der Waals surface area contributed by atoms with Crippen LogP contribution in [0.1, 0.15) is 21.7 Å². The number of anilines is 1. The predicted octanol–water partition coefficient (Wildman–Crippen LogP) is 5.44. The van der Waals surface area contributed by atoms with Gasteiger partial charge in [0, 0.05) is 39.5 Å². The second-order valence-electron chi connectivity index (χ2n) is 7.84. The van der Waals surface area contributed by atoms with Crippen LogP contribution in [0.4, 0.5) is 5.69 Å². The molecule has 154 valence electrons.